The van der Waals surface area contributed by atoms with Crippen molar-refractivity contribution in [2.45, 2.75) is 33.4 Å². The number of aryl methyl sites for hydroxylation is 1. The summed E-state index contributed by atoms with van der Waals surface area (Å²) in [6.45, 7) is 6.81. The van der Waals surface area contributed by atoms with E-state index in [2.05, 4.69) is 18.8 Å². The molecule has 1 aliphatic rings. The third-order valence-electron chi connectivity index (χ3n) is 6.99. The number of hydrogen-bond acceptors (Lipinski definition) is 5. The van der Waals surface area contributed by atoms with Crippen LogP contribution in [0.1, 0.15) is 42.1 Å². The monoisotopic (exact) mass is 524 g/mol. The van der Waals surface area contributed by atoms with E-state index in [0.717, 1.165) is 27.6 Å². The lowest BCUT2D eigenvalue weighted by atomic mass is 9.94. The molecular formula is C32H32N2O5. The van der Waals surface area contributed by atoms with Gasteiger partial charge in [-0.1, -0.05) is 44.2 Å². The number of amides is 1. The van der Waals surface area contributed by atoms with Gasteiger partial charge in [0.1, 0.15) is 17.3 Å². The topological polar surface area (TPSA) is 91.9 Å². The standard InChI is InChI=1S/C32H32N2O5/c1-19(2)18-39-27-14-11-22(15-20(27)3)30(35)28-29(25-16-33-26-8-6-5-7-24(25)26)34(32(37)31(28)36)17-21-9-12-23(38-4)13-10-21/h5-16,19,29,33,35H,17-18H2,1-4H3/b30-28+. The Morgan fingerprint density at radius 1 is 1.05 bits per heavy atom. The summed E-state index contributed by atoms with van der Waals surface area (Å²) in [4.78, 5) is 31.8. The van der Waals surface area contributed by atoms with Crippen molar-refractivity contribution in [3.63, 3.8) is 0 Å². The van der Waals surface area contributed by atoms with Crippen LogP contribution in [0.4, 0.5) is 0 Å². The maximum Gasteiger partial charge on any atom is 0.295 e. The van der Waals surface area contributed by atoms with Crippen molar-refractivity contribution in [2.24, 2.45) is 5.92 Å². The Kier molecular flexibility index (Phi) is 7.15. The summed E-state index contributed by atoms with van der Waals surface area (Å²) < 4.78 is 11.1. The van der Waals surface area contributed by atoms with E-state index >= 15 is 0 Å². The highest BCUT2D eigenvalue weighted by Crippen LogP contribution is 2.43. The molecule has 1 fully saturated rings. The first-order valence-electron chi connectivity index (χ1n) is 13.0. The molecule has 5 rings (SSSR count). The van der Waals surface area contributed by atoms with Crippen LogP contribution >= 0.6 is 0 Å². The zero-order valence-corrected chi connectivity index (χ0v) is 22.5. The van der Waals surface area contributed by atoms with E-state index in [1.54, 1.807) is 25.3 Å². The largest absolute Gasteiger partial charge is 0.507 e. The molecule has 2 heterocycles. The average molecular weight is 525 g/mol. The van der Waals surface area contributed by atoms with Crippen LogP contribution in [0.25, 0.3) is 16.7 Å². The fraction of sp³-hybridized carbons (Fsp3) is 0.250. The highest BCUT2D eigenvalue weighted by Gasteiger charge is 2.46. The molecule has 0 aliphatic carbocycles. The van der Waals surface area contributed by atoms with Gasteiger partial charge in [-0.05, 0) is 60.4 Å². The quantitative estimate of drug-likeness (QED) is 0.164. The first kappa shape index (κ1) is 26.1. The van der Waals surface area contributed by atoms with Crippen molar-refractivity contribution in [1.82, 2.24) is 9.88 Å². The number of H-pyrrole nitrogens is 1. The van der Waals surface area contributed by atoms with Gasteiger partial charge in [0, 0.05) is 34.8 Å². The lowest BCUT2D eigenvalue weighted by Gasteiger charge is -2.25. The minimum absolute atomic E-state index is 0.0634. The lowest BCUT2D eigenvalue weighted by molar-refractivity contribution is -0.140. The van der Waals surface area contributed by atoms with Gasteiger partial charge in [0.25, 0.3) is 11.7 Å². The maximum atomic E-state index is 13.5. The Morgan fingerprint density at radius 2 is 1.79 bits per heavy atom. The number of rotatable bonds is 8. The molecule has 7 nitrogen and oxygen atoms in total. The van der Waals surface area contributed by atoms with Crippen molar-refractivity contribution in [3.05, 3.63) is 101 Å². The molecule has 0 saturated carbocycles. The van der Waals surface area contributed by atoms with Gasteiger partial charge < -0.3 is 24.5 Å². The Bertz CT molecular complexity index is 1570. The molecule has 0 spiro atoms. The summed E-state index contributed by atoms with van der Waals surface area (Å²) in [5.41, 5.74) is 3.81. The number of carbonyl (C=O) groups excluding carboxylic acids is 2. The number of nitrogens with zero attached hydrogens (tertiary/aromatic N) is 1. The normalized spacial score (nSPS) is 16.8. The number of ketones is 1. The second kappa shape index (κ2) is 10.7. The van der Waals surface area contributed by atoms with Crippen LogP contribution in [0.3, 0.4) is 0 Å². The average Bonchev–Trinajstić information content (AvgIpc) is 3.46. The number of hydrogen-bond donors (Lipinski definition) is 2. The van der Waals surface area contributed by atoms with Gasteiger partial charge in [0.15, 0.2) is 0 Å². The van der Waals surface area contributed by atoms with Gasteiger partial charge >= 0.3 is 0 Å². The summed E-state index contributed by atoms with van der Waals surface area (Å²) in [7, 11) is 1.59. The van der Waals surface area contributed by atoms with E-state index in [-0.39, 0.29) is 17.9 Å². The first-order valence-corrected chi connectivity index (χ1v) is 13.0. The van der Waals surface area contributed by atoms with Gasteiger partial charge in [-0.3, -0.25) is 9.59 Å². The number of Topliss-reactive ketones (excluding diaryl/α,β-unsaturated/α-hetero) is 1. The van der Waals surface area contributed by atoms with Crippen LogP contribution in [-0.2, 0) is 16.1 Å². The number of fused-ring (bicyclic) bond motifs is 1. The molecule has 1 atom stereocenters. The zero-order valence-electron chi connectivity index (χ0n) is 22.5. The van der Waals surface area contributed by atoms with Gasteiger partial charge in [-0.2, -0.15) is 0 Å². The van der Waals surface area contributed by atoms with Crippen molar-refractivity contribution in [1.29, 1.82) is 0 Å². The van der Waals surface area contributed by atoms with Crippen molar-refractivity contribution < 1.29 is 24.2 Å². The molecule has 1 aliphatic heterocycles. The highest BCUT2D eigenvalue weighted by molar-refractivity contribution is 6.46. The van der Waals surface area contributed by atoms with Crippen LogP contribution in [0.2, 0.25) is 0 Å². The Hall–Kier alpha value is -4.52. The van der Waals surface area contributed by atoms with Gasteiger partial charge in [0.2, 0.25) is 0 Å². The van der Waals surface area contributed by atoms with Crippen molar-refractivity contribution in [2.75, 3.05) is 13.7 Å². The van der Waals surface area contributed by atoms with Gasteiger partial charge in [-0.25, -0.2) is 0 Å². The predicted octanol–water partition coefficient (Wildman–Crippen LogP) is 6.14. The van der Waals surface area contributed by atoms with E-state index in [4.69, 9.17) is 9.47 Å². The number of likely N-dealkylation sites (tertiary alicyclic amines) is 1. The lowest BCUT2D eigenvalue weighted by Crippen LogP contribution is -2.29. The summed E-state index contributed by atoms with van der Waals surface area (Å²) in [5.74, 6) is 0.207. The third-order valence-corrected chi connectivity index (χ3v) is 6.99. The fourth-order valence-corrected chi connectivity index (χ4v) is 4.98. The number of ether oxygens (including phenoxy) is 2. The summed E-state index contributed by atoms with van der Waals surface area (Å²) in [6, 6.07) is 19.6. The van der Waals surface area contributed by atoms with E-state index in [1.165, 1.54) is 4.90 Å². The number of methoxy groups -OCH3 is 1. The van der Waals surface area contributed by atoms with Crippen LogP contribution in [0, 0.1) is 12.8 Å². The SMILES string of the molecule is COc1ccc(CN2C(=O)C(=O)/C(=C(/O)c3ccc(OCC(C)C)c(C)c3)C2c2c[nH]c3ccccc23)cc1. The number of carbonyl (C=O) groups is 2. The molecule has 1 unspecified atom stereocenters. The number of aromatic nitrogens is 1. The fourth-order valence-electron chi connectivity index (χ4n) is 4.98. The second-order valence-electron chi connectivity index (χ2n) is 10.2. The maximum absolute atomic E-state index is 13.5. The van der Waals surface area contributed by atoms with Crippen molar-refractivity contribution >= 4 is 28.4 Å². The number of nitrogens with one attached hydrogen (secondary N) is 1. The highest BCUT2D eigenvalue weighted by atomic mass is 16.5. The molecule has 39 heavy (non-hydrogen) atoms. The molecule has 2 N–H and O–H groups in total. The Morgan fingerprint density at radius 3 is 2.49 bits per heavy atom. The van der Waals surface area contributed by atoms with Gasteiger partial charge in [-0.15, -0.1) is 0 Å². The molecule has 1 aromatic heterocycles. The number of benzene rings is 3. The summed E-state index contributed by atoms with van der Waals surface area (Å²) >= 11 is 0. The summed E-state index contributed by atoms with van der Waals surface area (Å²) in [6.07, 6.45) is 1.81. The van der Waals surface area contributed by atoms with E-state index in [9.17, 15) is 14.7 Å². The van der Waals surface area contributed by atoms with Crippen LogP contribution in [-0.4, -0.2) is 40.4 Å². The molecule has 3 aromatic carbocycles. The predicted molar refractivity (Wildman–Crippen MR) is 151 cm³/mol. The first-order chi connectivity index (χ1) is 18.8. The number of aromatic amines is 1. The third kappa shape index (κ3) is 5.00. The Balaban J connectivity index is 1.61. The van der Waals surface area contributed by atoms with Crippen molar-refractivity contribution in [3.8, 4) is 11.5 Å². The minimum Gasteiger partial charge on any atom is -0.507 e. The summed E-state index contributed by atoms with van der Waals surface area (Å²) in [5, 5.41) is 12.4. The molecule has 0 bridgehead atoms. The minimum atomic E-state index is -0.777. The zero-order chi connectivity index (χ0) is 27.7. The molecular weight excluding hydrogens is 492 g/mol. The van der Waals surface area contributed by atoms with E-state index in [1.807, 2.05) is 61.7 Å². The molecule has 200 valence electrons. The number of aliphatic hydroxyl groups excluding tert-OH is 1. The van der Waals surface area contributed by atoms with E-state index in [0.29, 0.717) is 29.6 Å². The van der Waals surface area contributed by atoms with Crippen LogP contribution in [0.5, 0.6) is 11.5 Å². The van der Waals surface area contributed by atoms with Crippen LogP contribution in [0.15, 0.2) is 78.5 Å². The Labute approximate surface area is 227 Å². The van der Waals surface area contributed by atoms with E-state index < -0.39 is 17.7 Å². The smallest absolute Gasteiger partial charge is 0.295 e. The molecule has 0 radical (unpaired) electrons. The van der Waals surface area contributed by atoms with Gasteiger partial charge in [0.05, 0.1) is 25.3 Å². The number of aliphatic hydroxyl groups is 1. The molecule has 1 saturated heterocycles. The molecule has 7 heteroatoms. The number of para-hydroxylation sites is 1. The molecule has 1 amide bonds. The molecule has 4 aromatic rings. The second-order valence-corrected chi connectivity index (χ2v) is 10.2. The van der Waals surface area contributed by atoms with Crippen LogP contribution < -0.4 is 9.47 Å².